The van der Waals surface area contributed by atoms with E-state index in [2.05, 4.69) is 28.0 Å². The molecule has 4 aliphatic heterocycles. The SMILES string of the molecule is C#Cc1c(F)ccc2cccc(-c3ncc4c(N5CCN(C(=O)OC(C)(C)C)C(CN)C5)nc(OC[C@@]56CCCN5[C@H](COC(=O)N5CCC(NCCC)CC5)CC6)nc4c3F)c12. The second-order valence-electron chi connectivity index (χ2n) is 18.3. The smallest absolute Gasteiger partial charge is 0.410 e. The number of terminal acetylenes is 1. The molecule has 2 aromatic heterocycles. The molecule has 2 aromatic carbocycles. The van der Waals surface area contributed by atoms with Crippen LogP contribution in [0.5, 0.6) is 6.01 Å². The van der Waals surface area contributed by atoms with E-state index >= 15 is 8.78 Å². The lowest BCUT2D eigenvalue weighted by atomic mass is 9.95. The third-order valence-electron chi connectivity index (χ3n) is 13.1. The number of piperazine rings is 1. The summed E-state index contributed by atoms with van der Waals surface area (Å²) in [6, 6.07) is 8.11. The molecule has 63 heavy (non-hydrogen) atoms. The fourth-order valence-electron chi connectivity index (χ4n) is 9.88. The molecule has 4 aliphatic rings. The van der Waals surface area contributed by atoms with Gasteiger partial charge in [0.25, 0.3) is 0 Å². The average Bonchev–Trinajstić information content (AvgIpc) is 3.85. The van der Waals surface area contributed by atoms with Crippen LogP contribution in [0.15, 0.2) is 36.5 Å². The maximum atomic E-state index is 17.3. The molecule has 0 bridgehead atoms. The number of aromatic nitrogens is 3. The van der Waals surface area contributed by atoms with E-state index in [-0.39, 0.29) is 66.7 Å². The van der Waals surface area contributed by atoms with Crippen molar-refractivity contribution in [1.29, 1.82) is 0 Å². The normalized spacial score (nSPS) is 22.1. The summed E-state index contributed by atoms with van der Waals surface area (Å²) in [6.07, 6.45) is 13.0. The minimum absolute atomic E-state index is 0.0116. The number of rotatable bonds is 11. The number of pyridine rings is 1. The van der Waals surface area contributed by atoms with Gasteiger partial charge in [0, 0.05) is 68.5 Å². The van der Waals surface area contributed by atoms with Crippen molar-refractivity contribution in [2.24, 2.45) is 5.73 Å². The summed E-state index contributed by atoms with van der Waals surface area (Å²) in [4.78, 5) is 48.4. The number of nitrogens with two attached hydrogens (primary N) is 1. The predicted molar refractivity (Wildman–Crippen MR) is 238 cm³/mol. The van der Waals surface area contributed by atoms with Gasteiger partial charge in [-0.1, -0.05) is 37.1 Å². The number of amides is 2. The Morgan fingerprint density at radius 3 is 2.57 bits per heavy atom. The molecule has 16 heteroatoms. The zero-order valence-corrected chi connectivity index (χ0v) is 36.8. The molecule has 3 N–H and O–H groups in total. The van der Waals surface area contributed by atoms with Crippen molar-refractivity contribution < 1.29 is 32.6 Å². The first-order valence-electron chi connectivity index (χ1n) is 22.4. The molecule has 2 amide bonds. The van der Waals surface area contributed by atoms with Crippen LogP contribution in [0.1, 0.15) is 78.2 Å². The molecule has 6 heterocycles. The second kappa shape index (κ2) is 18.4. The minimum Gasteiger partial charge on any atom is -0.461 e. The van der Waals surface area contributed by atoms with Crippen molar-refractivity contribution in [3.05, 3.63) is 53.7 Å². The standard InChI is InChI=1S/C47H59F2N9O5/c1-6-19-51-31-15-21-55(22-16-31)44(59)61-28-32-14-18-47(17-9-20-58(32)47)29-62-43-53-41-36(42(54-43)56-23-24-57(33(25-50)27-56)45(60)63-46(3,4)5)26-52-40(39(41)49)35-11-8-10-30-12-13-37(48)34(7-2)38(30)35/h2,8,10-13,26,31-33,51H,6,9,14-25,27-29,50H2,1,3-5H3/t32-,33?,47-/m0/s1. The quantitative estimate of drug-likeness (QED) is 0.159. The number of carbonyl (C=O) groups is 2. The van der Waals surface area contributed by atoms with Gasteiger partial charge in [0.2, 0.25) is 0 Å². The third-order valence-corrected chi connectivity index (χ3v) is 13.1. The Morgan fingerprint density at radius 2 is 1.83 bits per heavy atom. The summed E-state index contributed by atoms with van der Waals surface area (Å²) >= 11 is 0. The Bertz CT molecular complexity index is 2380. The van der Waals surface area contributed by atoms with E-state index in [1.165, 1.54) is 12.3 Å². The second-order valence-corrected chi connectivity index (χ2v) is 18.3. The number of carbonyl (C=O) groups excluding carboxylic acids is 2. The Hall–Kier alpha value is -5.37. The molecule has 0 saturated carbocycles. The van der Waals surface area contributed by atoms with Crippen LogP contribution < -0.4 is 20.7 Å². The Morgan fingerprint density at radius 1 is 1.02 bits per heavy atom. The molecule has 0 radical (unpaired) electrons. The fourth-order valence-corrected chi connectivity index (χ4v) is 9.88. The van der Waals surface area contributed by atoms with Crippen LogP contribution in [0.4, 0.5) is 24.2 Å². The maximum absolute atomic E-state index is 17.3. The number of fused-ring (bicyclic) bond motifs is 3. The number of piperidine rings is 1. The molecule has 14 nitrogen and oxygen atoms in total. The number of halogens is 2. The van der Waals surface area contributed by atoms with Crippen molar-refractivity contribution in [1.82, 2.24) is 35.0 Å². The number of benzene rings is 2. The van der Waals surface area contributed by atoms with E-state index in [0.29, 0.717) is 59.8 Å². The highest BCUT2D eigenvalue weighted by molar-refractivity contribution is 6.02. The van der Waals surface area contributed by atoms with Gasteiger partial charge in [0.15, 0.2) is 5.82 Å². The van der Waals surface area contributed by atoms with E-state index in [4.69, 9.17) is 36.3 Å². The van der Waals surface area contributed by atoms with E-state index in [0.717, 1.165) is 58.0 Å². The first kappa shape index (κ1) is 44.2. The van der Waals surface area contributed by atoms with Gasteiger partial charge >= 0.3 is 18.2 Å². The molecule has 4 aromatic rings. The summed E-state index contributed by atoms with van der Waals surface area (Å²) < 4.78 is 50.5. The van der Waals surface area contributed by atoms with Crippen LogP contribution in [0, 0.1) is 24.0 Å². The summed E-state index contributed by atoms with van der Waals surface area (Å²) in [7, 11) is 0. The Kier molecular flexibility index (Phi) is 12.9. The maximum Gasteiger partial charge on any atom is 0.410 e. The molecule has 4 saturated heterocycles. The zero-order valence-electron chi connectivity index (χ0n) is 36.8. The molecular weight excluding hydrogens is 809 g/mol. The highest BCUT2D eigenvalue weighted by Gasteiger charge is 2.50. The highest BCUT2D eigenvalue weighted by Crippen LogP contribution is 2.43. The van der Waals surface area contributed by atoms with Crippen LogP contribution in [0.2, 0.25) is 0 Å². The van der Waals surface area contributed by atoms with Gasteiger partial charge in [-0.25, -0.2) is 18.4 Å². The lowest BCUT2D eigenvalue weighted by Crippen LogP contribution is -2.58. The first-order chi connectivity index (χ1) is 30.3. The summed E-state index contributed by atoms with van der Waals surface area (Å²) in [5.41, 5.74) is 5.47. The average molecular weight is 868 g/mol. The molecule has 3 atom stereocenters. The number of likely N-dealkylation sites (tertiary alicyclic amines) is 1. The van der Waals surface area contributed by atoms with Gasteiger partial charge in [-0.05, 0) is 90.3 Å². The number of nitrogens with one attached hydrogen (secondary N) is 1. The molecule has 8 rings (SSSR count). The minimum atomic E-state index is -0.742. The van der Waals surface area contributed by atoms with Gasteiger partial charge < -0.3 is 40.0 Å². The van der Waals surface area contributed by atoms with Crippen LogP contribution in [-0.2, 0) is 9.47 Å². The lowest BCUT2D eigenvalue weighted by Gasteiger charge is -2.42. The number of ether oxygens (including phenoxy) is 3. The summed E-state index contributed by atoms with van der Waals surface area (Å²) in [6.45, 7) is 12.3. The Labute approximate surface area is 367 Å². The monoisotopic (exact) mass is 867 g/mol. The summed E-state index contributed by atoms with van der Waals surface area (Å²) in [5, 5.41) is 4.89. The number of nitrogens with zero attached hydrogens (tertiary/aromatic N) is 7. The van der Waals surface area contributed by atoms with Gasteiger partial charge in [-0.2, -0.15) is 9.97 Å². The lowest BCUT2D eigenvalue weighted by molar-refractivity contribution is 0.0148. The summed E-state index contributed by atoms with van der Waals surface area (Å²) in [5.74, 6) is 1.48. The van der Waals surface area contributed by atoms with E-state index < -0.39 is 29.4 Å². The third kappa shape index (κ3) is 9.05. The fraction of sp³-hybridized carbons (Fsp3) is 0.553. The van der Waals surface area contributed by atoms with Gasteiger partial charge in [-0.3, -0.25) is 9.88 Å². The molecule has 0 aliphatic carbocycles. The van der Waals surface area contributed by atoms with Crippen molar-refractivity contribution in [2.45, 2.75) is 102 Å². The van der Waals surface area contributed by atoms with Crippen molar-refractivity contribution in [2.75, 3.05) is 70.5 Å². The molecule has 1 unspecified atom stereocenters. The number of anilines is 1. The largest absolute Gasteiger partial charge is 0.461 e. The molecule has 0 spiro atoms. The zero-order chi connectivity index (χ0) is 44.5. The topological polar surface area (TPSA) is 152 Å². The van der Waals surface area contributed by atoms with E-state index in [1.807, 2.05) is 30.6 Å². The van der Waals surface area contributed by atoms with Gasteiger partial charge in [0.05, 0.1) is 22.5 Å². The Balaban J connectivity index is 1.07. The van der Waals surface area contributed by atoms with Crippen LogP contribution in [0.25, 0.3) is 32.9 Å². The molecular formula is C47H59F2N9O5. The van der Waals surface area contributed by atoms with E-state index in [9.17, 15) is 9.59 Å². The number of hydrogen-bond donors (Lipinski definition) is 2. The molecule has 336 valence electrons. The predicted octanol–water partition coefficient (Wildman–Crippen LogP) is 6.47. The highest BCUT2D eigenvalue weighted by atomic mass is 19.1. The van der Waals surface area contributed by atoms with Crippen LogP contribution >= 0.6 is 0 Å². The van der Waals surface area contributed by atoms with Crippen LogP contribution in [-0.4, -0.2) is 137 Å². The van der Waals surface area contributed by atoms with Crippen molar-refractivity contribution >= 4 is 39.7 Å². The molecule has 4 fully saturated rings. The van der Waals surface area contributed by atoms with E-state index in [1.54, 1.807) is 29.2 Å². The van der Waals surface area contributed by atoms with Crippen molar-refractivity contribution in [3.63, 3.8) is 0 Å². The van der Waals surface area contributed by atoms with Crippen molar-refractivity contribution in [3.8, 4) is 29.6 Å². The van der Waals surface area contributed by atoms with Gasteiger partial charge in [-0.15, -0.1) is 6.42 Å². The van der Waals surface area contributed by atoms with Gasteiger partial charge in [0.1, 0.15) is 41.7 Å². The number of hydrogen-bond acceptors (Lipinski definition) is 12. The van der Waals surface area contributed by atoms with Crippen LogP contribution in [0.3, 0.4) is 0 Å². The first-order valence-corrected chi connectivity index (χ1v) is 22.4.